The SMILES string of the molecule is Cc1ccccc1CNCCC(F)(F)F. The van der Waals surface area contributed by atoms with Gasteiger partial charge in [-0.15, -0.1) is 0 Å². The van der Waals surface area contributed by atoms with E-state index >= 15 is 0 Å². The summed E-state index contributed by atoms with van der Waals surface area (Å²) in [4.78, 5) is 0. The molecule has 1 N–H and O–H groups in total. The van der Waals surface area contributed by atoms with Crippen molar-refractivity contribution in [2.75, 3.05) is 6.54 Å². The second kappa shape index (κ2) is 5.16. The molecule has 0 amide bonds. The van der Waals surface area contributed by atoms with Crippen molar-refractivity contribution < 1.29 is 13.2 Å². The molecule has 4 heteroatoms. The van der Waals surface area contributed by atoms with Crippen molar-refractivity contribution in [2.45, 2.75) is 26.1 Å². The summed E-state index contributed by atoms with van der Waals surface area (Å²) in [5.74, 6) is 0. The summed E-state index contributed by atoms with van der Waals surface area (Å²) in [6, 6.07) is 7.65. The van der Waals surface area contributed by atoms with Gasteiger partial charge < -0.3 is 5.32 Å². The Hall–Kier alpha value is -1.03. The third-order valence-corrected chi connectivity index (χ3v) is 2.16. The average molecular weight is 217 g/mol. The average Bonchev–Trinajstić information content (AvgIpc) is 2.13. The van der Waals surface area contributed by atoms with E-state index in [1.165, 1.54) is 0 Å². The molecular formula is C11H14F3N. The Morgan fingerprint density at radius 2 is 1.87 bits per heavy atom. The number of aryl methyl sites for hydroxylation is 1. The van der Waals surface area contributed by atoms with Crippen LogP contribution in [0.4, 0.5) is 13.2 Å². The highest BCUT2D eigenvalue weighted by Crippen LogP contribution is 2.18. The Balaban J connectivity index is 2.30. The molecule has 0 fully saturated rings. The van der Waals surface area contributed by atoms with Crippen molar-refractivity contribution in [1.82, 2.24) is 5.32 Å². The number of halogens is 3. The molecule has 0 spiro atoms. The van der Waals surface area contributed by atoms with Gasteiger partial charge in [-0.2, -0.15) is 13.2 Å². The van der Waals surface area contributed by atoms with E-state index < -0.39 is 12.6 Å². The van der Waals surface area contributed by atoms with Crippen molar-refractivity contribution in [3.63, 3.8) is 0 Å². The van der Waals surface area contributed by atoms with Crippen LogP contribution in [0.5, 0.6) is 0 Å². The van der Waals surface area contributed by atoms with Crippen LogP contribution in [0, 0.1) is 6.92 Å². The lowest BCUT2D eigenvalue weighted by Gasteiger charge is -2.09. The Kier molecular flexibility index (Phi) is 4.15. The highest BCUT2D eigenvalue weighted by atomic mass is 19.4. The minimum absolute atomic E-state index is 0.0299. The van der Waals surface area contributed by atoms with Gasteiger partial charge in [0.2, 0.25) is 0 Å². The molecule has 0 atom stereocenters. The summed E-state index contributed by atoms with van der Waals surface area (Å²) in [5.41, 5.74) is 2.14. The van der Waals surface area contributed by atoms with E-state index in [2.05, 4.69) is 5.32 Å². The van der Waals surface area contributed by atoms with E-state index in [1.54, 1.807) is 0 Å². The van der Waals surface area contributed by atoms with E-state index in [0.29, 0.717) is 6.54 Å². The zero-order valence-corrected chi connectivity index (χ0v) is 8.56. The predicted octanol–water partition coefficient (Wildman–Crippen LogP) is 3.04. The number of alkyl halides is 3. The molecule has 0 saturated carbocycles. The van der Waals surface area contributed by atoms with Gasteiger partial charge in [-0.3, -0.25) is 0 Å². The summed E-state index contributed by atoms with van der Waals surface area (Å²) >= 11 is 0. The Morgan fingerprint density at radius 1 is 1.20 bits per heavy atom. The smallest absolute Gasteiger partial charge is 0.312 e. The van der Waals surface area contributed by atoms with Crippen LogP contribution in [0.1, 0.15) is 17.5 Å². The second-order valence-corrected chi connectivity index (χ2v) is 3.47. The largest absolute Gasteiger partial charge is 0.390 e. The molecule has 15 heavy (non-hydrogen) atoms. The maximum Gasteiger partial charge on any atom is 0.390 e. The summed E-state index contributed by atoms with van der Waals surface area (Å²) in [6.45, 7) is 2.40. The molecule has 0 aliphatic carbocycles. The van der Waals surface area contributed by atoms with E-state index in [0.717, 1.165) is 11.1 Å². The van der Waals surface area contributed by atoms with Crippen LogP contribution in [0.2, 0.25) is 0 Å². The molecular weight excluding hydrogens is 203 g/mol. The Labute approximate surface area is 87.3 Å². The lowest BCUT2D eigenvalue weighted by atomic mass is 10.1. The number of rotatable bonds is 4. The maximum absolute atomic E-state index is 11.8. The van der Waals surface area contributed by atoms with Gasteiger partial charge in [-0.25, -0.2) is 0 Å². The number of hydrogen-bond donors (Lipinski definition) is 1. The van der Waals surface area contributed by atoms with Crippen LogP contribution in [-0.2, 0) is 6.54 Å². The standard InChI is InChI=1S/C11H14F3N/c1-9-4-2-3-5-10(9)8-15-7-6-11(12,13)14/h2-5,15H,6-8H2,1H3. The normalized spacial score (nSPS) is 11.7. The van der Waals surface area contributed by atoms with Crippen molar-refractivity contribution in [3.05, 3.63) is 35.4 Å². The molecule has 0 aromatic heterocycles. The minimum Gasteiger partial charge on any atom is -0.312 e. The lowest BCUT2D eigenvalue weighted by Crippen LogP contribution is -2.21. The maximum atomic E-state index is 11.8. The third kappa shape index (κ3) is 4.83. The molecule has 0 aliphatic heterocycles. The quantitative estimate of drug-likeness (QED) is 0.764. The van der Waals surface area contributed by atoms with Gasteiger partial charge in [-0.05, 0) is 18.1 Å². The zero-order valence-electron chi connectivity index (χ0n) is 8.56. The Morgan fingerprint density at radius 3 is 2.47 bits per heavy atom. The fourth-order valence-electron chi connectivity index (χ4n) is 1.26. The molecule has 0 saturated heterocycles. The molecule has 0 heterocycles. The molecule has 0 aliphatic rings. The summed E-state index contributed by atoms with van der Waals surface area (Å²) < 4.78 is 35.5. The molecule has 1 nitrogen and oxygen atoms in total. The molecule has 84 valence electrons. The first-order valence-electron chi connectivity index (χ1n) is 4.81. The van der Waals surface area contributed by atoms with Crippen LogP contribution < -0.4 is 5.32 Å². The monoisotopic (exact) mass is 217 g/mol. The minimum atomic E-state index is -4.07. The summed E-state index contributed by atoms with van der Waals surface area (Å²) in [7, 11) is 0. The van der Waals surface area contributed by atoms with Crippen molar-refractivity contribution in [3.8, 4) is 0 Å². The fraction of sp³-hybridized carbons (Fsp3) is 0.455. The van der Waals surface area contributed by atoms with Gasteiger partial charge in [0.15, 0.2) is 0 Å². The van der Waals surface area contributed by atoms with Crippen LogP contribution in [0.3, 0.4) is 0 Å². The van der Waals surface area contributed by atoms with Gasteiger partial charge >= 0.3 is 6.18 Å². The topological polar surface area (TPSA) is 12.0 Å². The number of benzene rings is 1. The number of hydrogen-bond acceptors (Lipinski definition) is 1. The van der Waals surface area contributed by atoms with Gasteiger partial charge in [0, 0.05) is 13.1 Å². The van der Waals surface area contributed by atoms with Gasteiger partial charge in [0.25, 0.3) is 0 Å². The number of nitrogens with one attached hydrogen (secondary N) is 1. The highest BCUT2D eigenvalue weighted by molar-refractivity contribution is 5.25. The van der Waals surface area contributed by atoms with Crippen LogP contribution in [0.15, 0.2) is 24.3 Å². The van der Waals surface area contributed by atoms with E-state index in [1.807, 2.05) is 31.2 Å². The molecule has 1 aromatic carbocycles. The second-order valence-electron chi connectivity index (χ2n) is 3.47. The predicted molar refractivity (Wildman–Crippen MR) is 53.6 cm³/mol. The molecule has 1 aromatic rings. The van der Waals surface area contributed by atoms with Gasteiger partial charge in [0.1, 0.15) is 0 Å². The van der Waals surface area contributed by atoms with Crippen LogP contribution in [-0.4, -0.2) is 12.7 Å². The molecule has 0 unspecified atom stereocenters. The molecule has 1 rings (SSSR count). The van der Waals surface area contributed by atoms with Gasteiger partial charge in [-0.1, -0.05) is 24.3 Å². The first-order chi connectivity index (χ1) is 6.99. The highest BCUT2D eigenvalue weighted by Gasteiger charge is 2.25. The van der Waals surface area contributed by atoms with Crippen molar-refractivity contribution >= 4 is 0 Å². The van der Waals surface area contributed by atoms with E-state index in [9.17, 15) is 13.2 Å². The summed E-state index contributed by atoms with van der Waals surface area (Å²) in [5, 5.41) is 2.78. The Bertz CT molecular complexity index is 307. The summed E-state index contributed by atoms with van der Waals surface area (Å²) in [6.07, 6.45) is -4.85. The molecule has 0 bridgehead atoms. The molecule has 0 radical (unpaired) electrons. The van der Waals surface area contributed by atoms with E-state index in [4.69, 9.17) is 0 Å². The zero-order chi connectivity index (χ0) is 11.3. The first kappa shape index (κ1) is 12.0. The first-order valence-corrected chi connectivity index (χ1v) is 4.81. The fourth-order valence-corrected chi connectivity index (χ4v) is 1.26. The van der Waals surface area contributed by atoms with Crippen LogP contribution in [0.25, 0.3) is 0 Å². The van der Waals surface area contributed by atoms with Gasteiger partial charge in [0.05, 0.1) is 6.42 Å². The van der Waals surface area contributed by atoms with Crippen molar-refractivity contribution in [1.29, 1.82) is 0 Å². The van der Waals surface area contributed by atoms with E-state index in [-0.39, 0.29) is 6.54 Å². The lowest BCUT2D eigenvalue weighted by molar-refractivity contribution is -0.133. The van der Waals surface area contributed by atoms with Crippen molar-refractivity contribution in [2.24, 2.45) is 0 Å². The van der Waals surface area contributed by atoms with Crippen LogP contribution >= 0.6 is 0 Å². The third-order valence-electron chi connectivity index (χ3n) is 2.16.